The molecule has 13 heavy (non-hydrogen) atoms. The molecule has 0 fully saturated rings. The van der Waals surface area contributed by atoms with E-state index in [2.05, 4.69) is 21.5 Å². The molecule has 1 aromatic rings. The van der Waals surface area contributed by atoms with Crippen LogP contribution >= 0.6 is 0 Å². The average molecular weight is 175 g/mol. The SMILES string of the molecule is C=Cc1nc(C)c(C)nc1/C=N\C. The molecule has 0 saturated heterocycles. The lowest BCUT2D eigenvalue weighted by molar-refractivity contribution is 1.03. The van der Waals surface area contributed by atoms with Crippen molar-refractivity contribution >= 4 is 12.3 Å². The first-order valence-corrected chi connectivity index (χ1v) is 4.09. The van der Waals surface area contributed by atoms with Gasteiger partial charge in [0.2, 0.25) is 0 Å². The first kappa shape index (κ1) is 9.58. The molecule has 3 nitrogen and oxygen atoms in total. The van der Waals surface area contributed by atoms with Crippen LogP contribution in [0, 0.1) is 13.8 Å². The van der Waals surface area contributed by atoms with Crippen LogP contribution in [0.2, 0.25) is 0 Å². The number of aromatic nitrogens is 2. The van der Waals surface area contributed by atoms with E-state index in [0.717, 1.165) is 22.8 Å². The van der Waals surface area contributed by atoms with Gasteiger partial charge in [-0.2, -0.15) is 0 Å². The predicted octanol–water partition coefficient (Wildman–Crippen LogP) is 1.79. The Kier molecular flexibility index (Phi) is 2.90. The summed E-state index contributed by atoms with van der Waals surface area (Å²) < 4.78 is 0. The number of rotatable bonds is 2. The van der Waals surface area contributed by atoms with Gasteiger partial charge in [-0.25, -0.2) is 9.97 Å². The van der Waals surface area contributed by atoms with Crippen LogP contribution < -0.4 is 0 Å². The fraction of sp³-hybridized carbons (Fsp3) is 0.300. The lowest BCUT2D eigenvalue weighted by Gasteiger charge is -2.03. The number of aliphatic imine (C=N–C) groups is 1. The first-order valence-electron chi connectivity index (χ1n) is 4.09. The Balaban J connectivity index is 3.32. The molecule has 0 spiro atoms. The summed E-state index contributed by atoms with van der Waals surface area (Å²) in [4.78, 5) is 12.6. The second-order valence-corrected chi connectivity index (χ2v) is 2.76. The van der Waals surface area contributed by atoms with Gasteiger partial charge in [0.05, 0.1) is 17.1 Å². The molecular formula is C10H13N3. The molecule has 0 atom stereocenters. The topological polar surface area (TPSA) is 38.1 Å². The van der Waals surface area contributed by atoms with Crippen molar-refractivity contribution in [3.8, 4) is 0 Å². The van der Waals surface area contributed by atoms with Gasteiger partial charge in [-0.1, -0.05) is 6.58 Å². The summed E-state index contributed by atoms with van der Waals surface area (Å²) in [6, 6.07) is 0. The van der Waals surface area contributed by atoms with Crippen molar-refractivity contribution in [1.82, 2.24) is 9.97 Å². The molecule has 68 valence electrons. The molecule has 0 aliphatic heterocycles. The summed E-state index contributed by atoms with van der Waals surface area (Å²) in [5.41, 5.74) is 3.43. The Bertz CT molecular complexity index is 353. The van der Waals surface area contributed by atoms with Crippen LogP contribution in [0.3, 0.4) is 0 Å². The van der Waals surface area contributed by atoms with Crippen LogP contribution in [-0.2, 0) is 0 Å². The lowest BCUT2D eigenvalue weighted by Crippen LogP contribution is -2.01. The van der Waals surface area contributed by atoms with Gasteiger partial charge in [0.25, 0.3) is 0 Å². The quantitative estimate of drug-likeness (QED) is 0.643. The minimum atomic E-state index is 0.778. The highest BCUT2D eigenvalue weighted by atomic mass is 14.8. The summed E-state index contributed by atoms with van der Waals surface area (Å²) in [7, 11) is 1.71. The minimum Gasteiger partial charge on any atom is -0.294 e. The Morgan fingerprint density at radius 1 is 1.15 bits per heavy atom. The molecule has 0 amide bonds. The molecule has 0 aromatic carbocycles. The van der Waals surface area contributed by atoms with Gasteiger partial charge in [0.15, 0.2) is 0 Å². The first-order chi connectivity index (χ1) is 6.19. The van der Waals surface area contributed by atoms with Crippen LogP contribution in [0.15, 0.2) is 11.6 Å². The van der Waals surface area contributed by atoms with E-state index in [4.69, 9.17) is 0 Å². The van der Waals surface area contributed by atoms with Crippen molar-refractivity contribution in [2.24, 2.45) is 4.99 Å². The van der Waals surface area contributed by atoms with E-state index in [0.29, 0.717) is 0 Å². The van der Waals surface area contributed by atoms with Gasteiger partial charge in [-0.15, -0.1) is 0 Å². The van der Waals surface area contributed by atoms with Gasteiger partial charge < -0.3 is 0 Å². The van der Waals surface area contributed by atoms with Gasteiger partial charge in [-0.3, -0.25) is 4.99 Å². The molecule has 0 aliphatic carbocycles. The number of hydrogen-bond donors (Lipinski definition) is 0. The Morgan fingerprint density at radius 3 is 2.15 bits per heavy atom. The molecule has 0 N–H and O–H groups in total. The second kappa shape index (κ2) is 3.94. The summed E-state index contributed by atoms with van der Waals surface area (Å²) in [6.45, 7) is 7.55. The number of aryl methyl sites for hydroxylation is 2. The zero-order chi connectivity index (χ0) is 9.84. The summed E-state index contributed by atoms with van der Waals surface area (Å²) in [6.07, 6.45) is 3.38. The molecule has 3 heteroatoms. The minimum absolute atomic E-state index is 0.778. The normalized spacial score (nSPS) is 10.7. The van der Waals surface area contributed by atoms with Crippen molar-refractivity contribution in [2.75, 3.05) is 7.05 Å². The van der Waals surface area contributed by atoms with Crippen molar-refractivity contribution in [1.29, 1.82) is 0 Å². The van der Waals surface area contributed by atoms with Crippen molar-refractivity contribution < 1.29 is 0 Å². The summed E-state index contributed by atoms with van der Waals surface area (Å²) >= 11 is 0. The van der Waals surface area contributed by atoms with Gasteiger partial charge >= 0.3 is 0 Å². The highest BCUT2D eigenvalue weighted by molar-refractivity contribution is 5.81. The molecule has 0 saturated carbocycles. The highest BCUT2D eigenvalue weighted by Crippen LogP contribution is 2.07. The molecule has 0 aliphatic rings. The van der Waals surface area contributed by atoms with Crippen molar-refractivity contribution in [2.45, 2.75) is 13.8 Å². The van der Waals surface area contributed by atoms with Crippen LogP contribution in [0.1, 0.15) is 22.8 Å². The fourth-order valence-electron chi connectivity index (χ4n) is 1.01. The van der Waals surface area contributed by atoms with E-state index in [-0.39, 0.29) is 0 Å². The maximum absolute atomic E-state index is 4.35. The molecule has 1 aromatic heterocycles. The molecule has 1 heterocycles. The average Bonchev–Trinajstić information content (AvgIpc) is 2.11. The Labute approximate surface area is 78.3 Å². The number of hydrogen-bond acceptors (Lipinski definition) is 3. The molecule has 0 radical (unpaired) electrons. The van der Waals surface area contributed by atoms with E-state index in [1.54, 1.807) is 19.3 Å². The maximum atomic E-state index is 4.35. The third kappa shape index (κ3) is 1.99. The smallest absolute Gasteiger partial charge is 0.107 e. The zero-order valence-corrected chi connectivity index (χ0v) is 8.20. The maximum Gasteiger partial charge on any atom is 0.107 e. The van der Waals surface area contributed by atoms with Crippen molar-refractivity contribution in [3.63, 3.8) is 0 Å². The predicted molar refractivity (Wildman–Crippen MR) is 55.1 cm³/mol. The molecule has 1 rings (SSSR count). The zero-order valence-electron chi connectivity index (χ0n) is 8.20. The second-order valence-electron chi connectivity index (χ2n) is 2.76. The third-order valence-corrected chi connectivity index (χ3v) is 1.81. The van der Waals surface area contributed by atoms with Crippen LogP contribution in [0.4, 0.5) is 0 Å². The summed E-state index contributed by atoms with van der Waals surface area (Å²) in [5, 5.41) is 0. The van der Waals surface area contributed by atoms with E-state index in [9.17, 15) is 0 Å². The standard InChI is InChI=1S/C10H13N3/c1-5-9-10(6-11-4)13-8(3)7(2)12-9/h5-6H,1H2,2-4H3/b11-6-. The Hall–Kier alpha value is -1.51. The van der Waals surface area contributed by atoms with E-state index < -0.39 is 0 Å². The van der Waals surface area contributed by atoms with Crippen molar-refractivity contribution in [3.05, 3.63) is 29.4 Å². The molecule has 0 unspecified atom stereocenters. The molecule has 0 bridgehead atoms. The van der Waals surface area contributed by atoms with Crippen LogP contribution in [-0.4, -0.2) is 23.2 Å². The van der Waals surface area contributed by atoms with Gasteiger partial charge in [0, 0.05) is 13.3 Å². The Morgan fingerprint density at radius 2 is 1.69 bits per heavy atom. The van der Waals surface area contributed by atoms with Gasteiger partial charge in [-0.05, 0) is 19.9 Å². The van der Waals surface area contributed by atoms with Crippen LogP contribution in [0.5, 0.6) is 0 Å². The lowest BCUT2D eigenvalue weighted by atomic mass is 10.2. The highest BCUT2D eigenvalue weighted by Gasteiger charge is 2.03. The monoisotopic (exact) mass is 175 g/mol. The number of nitrogens with zero attached hydrogens (tertiary/aromatic N) is 3. The van der Waals surface area contributed by atoms with Gasteiger partial charge in [0.1, 0.15) is 5.69 Å². The fourth-order valence-corrected chi connectivity index (χ4v) is 1.01. The van der Waals surface area contributed by atoms with Crippen LogP contribution in [0.25, 0.3) is 6.08 Å². The van der Waals surface area contributed by atoms with E-state index in [1.165, 1.54) is 0 Å². The van der Waals surface area contributed by atoms with E-state index in [1.807, 2.05) is 13.8 Å². The van der Waals surface area contributed by atoms with E-state index >= 15 is 0 Å². The largest absolute Gasteiger partial charge is 0.294 e. The molecular weight excluding hydrogens is 162 g/mol. The third-order valence-electron chi connectivity index (χ3n) is 1.81. The summed E-state index contributed by atoms with van der Waals surface area (Å²) in [5.74, 6) is 0.